The summed E-state index contributed by atoms with van der Waals surface area (Å²) in [5.41, 5.74) is 0.770. The Labute approximate surface area is 116 Å². The molecule has 0 aromatic heterocycles. The quantitative estimate of drug-likeness (QED) is 0.898. The van der Waals surface area contributed by atoms with E-state index in [0.29, 0.717) is 6.54 Å². The predicted octanol–water partition coefficient (Wildman–Crippen LogP) is 2.22. The van der Waals surface area contributed by atoms with Crippen molar-refractivity contribution in [1.82, 2.24) is 4.90 Å². The molecule has 0 saturated carbocycles. The maximum Gasteiger partial charge on any atom is 0.339 e. The number of carboxylic acids is 1. The van der Waals surface area contributed by atoms with Crippen molar-refractivity contribution >= 4 is 22.6 Å². The number of phenols is 1. The normalized spacial score (nSPS) is 10.5. The summed E-state index contributed by atoms with van der Waals surface area (Å²) in [5.74, 6) is -1.46. The van der Waals surface area contributed by atoms with Crippen molar-refractivity contribution in [3.05, 3.63) is 41.5 Å². The molecule has 2 N–H and O–H groups in total. The van der Waals surface area contributed by atoms with Crippen LogP contribution in [0.3, 0.4) is 0 Å². The SMILES string of the molecule is CC(=O)N(C)Cc1ccc2cc(O)c(C(=O)O)cc2c1. The number of nitrogens with zero attached hydrogens (tertiary/aromatic N) is 1. The fourth-order valence-corrected chi connectivity index (χ4v) is 1.99. The van der Waals surface area contributed by atoms with Gasteiger partial charge >= 0.3 is 5.97 Å². The van der Waals surface area contributed by atoms with Gasteiger partial charge in [-0.1, -0.05) is 12.1 Å². The molecule has 0 fully saturated rings. The maximum absolute atomic E-state index is 11.2. The van der Waals surface area contributed by atoms with E-state index < -0.39 is 5.97 Å². The molecule has 0 heterocycles. The van der Waals surface area contributed by atoms with Crippen LogP contribution in [0.2, 0.25) is 0 Å². The highest BCUT2D eigenvalue weighted by Gasteiger charge is 2.11. The van der Waals surface area contributed by atoms with E-state index >= 15 is 0 Å². The maximum atomic E-state index is 11.2. The van der Waals surface area contributed by atoms with E-state index in [2.05, 4.69) is 0 Å². The first-order valence-corrected chi connectivity index (χ1v) is 6.09. The lowest BCUT2D eigenvalue weighted by atomic mass is 10.0. The highest BCUT2D eigenvalue weighted by molar-refractivity contribution is 5.97. The average molecular weight is 273 g/mol. The first-order chi connectivity index (χ1) is 9.38. The van der Waals surface area contributed by atoms with Crippen LogP contribution in [0.4, 0.5) is 0 Å². The molecule has 2 rings (SSSR count). The van der Waals surface area contributed by atoms with Gasteiger partial charge in [-0.15, -0.1) is 0 Å². The number of hydrogen-bond donors (Lipinski definition) is 2. The molecule has 0 radical (unpaired) electrons. The Balaban J connectivity index is 2.45. The molecular weight excluding hydrogens is 258 g/mol. The molecule has 104 valence electrons. The van der Waals surface area contributed by atoms with E-state index in [1.165, 1.54) is 19.1 Å². The molecule has 0 bridgehead atoms. The molecule has 1 amide bonds. The second-order valence-corrected chi connectivity index (χ2v) is 4.73. The van der Waals surface area contributed by atoms with E-state index in [9.17, 15) is 14.7 Å². The number of hydrogen-bond acceptors (Lipinski definition) is 3. The van der Waals surface area contributed by atoms with Crippen molar-refractivity contribution in [2.24, 2.45) is 0 Å². The Morgan fingerprint density at radius 1 is 1.15 bits per heavy atom. The van der Waals surface area contributed by atoms with Crippen LogP contribution in [0, 0.1) is 0 Å². The monoisotopic (exact) mass is 273 g/mol. The third-order valence-electron chi connectivity index (χ3n) is 3.21. The Morgan fingerprint density at radius 3 is 2.45 bits per heavy atom. The molecule has 0 saturated heterocycles. The van der Waals surface area contributed by atoms with Gasteiger partial charge in [0.15, 0.2) is 0 Å². The van der Waals surface area contributed by atoms with Crippen LogP contribution >= 0.6 is 0 Å². The van der Waals surface area contributed by atoms with E-state index in [1.807, 2.05) is 12.1 Å². The number of rotatable bonds is 3. The molecule has 0 spiro atoms. The third kappa shape index (κ3) is 2.71. The topological polar surface area (TPSA) is 77.8 Å². The van der Waals surface area contributed by atoms with Crippen molar-refractivity contribution < 1.29 is 19.8 Å². The second-order valence-electron chi connectivity index (χ2n) is 4.73. The molecule has 0 aliphatic rings. The van der Waals surface area contributed by atoms with Gasteiger partial charge in [-0.2, -0.15) is 0 Å². The zero-order valence-corrected chi connectivity index (χ0v) is 11.3. The molecule has 2 aromatic carbocycles. The van der Waals surface area contributed by atoms with Crippen molar-refractivity contribution in [3.8, 4) is 5.75 Å². The molecular formula is C15H15NO4. The fraction of sp³-hybridized carbons (Fsp3) is 0.200. The summed E-state index contributed by atoms with van der Waals surface area (Å²) in [6.45, 7) is 1.94. The minimum atomic E-state index is -1.17. The van der Waals surface area contributed by atoms with Crippen molar-refractivity contribution in [2.75, 3.05) is 7.05 Å². The first kappa shape index (κ1) is 13.9. The van der Waals surface area contributed by atoms with Crippen LogP contribution in [0.15, 0.2) is 30.3 Å². The standard InChI is InChI=1S/C15H15NO4/c1-9(17)16(2)8-10-3-4-11-7-14(18)13(15(19)20)6-12(11)5-10/h3-7,18H,8H2,1-2H3,(H,19,20). The lowest BCUT2D eigenvalue weighted by Gasteiger charge is -2.15. The number of aromatic carboxylic acids is 1. The number of benzene rings is 2. The van der Waals surface area contributed by atoms with Crippen molar-refractivity contribution in [1.29, 1.82) is 0 Å². The number of carbonyl (C=O) groups excluding carboxylic acids is 1. The highest BCUT2D eigenvalue weighted by atomic mass is 16.4. The zero-order chi connectivity index (χ0) is 14.9. The lowest BCUT2D eigenvalue weighted by molar-refractivity contribution is -0.128. The number of aromatic hydroxyl groups is 1. The van der Waals surface area contributed by atoms with Gasteiger partial charge in [0.05, 0.1) is 0 Å². The minimum absolute atomic E-state index is 0.0398. The van der Waals surface area contributed by atoms with Crippen LogP contribution in [-0.4, -0.2) is 34.0 Å². The molecule has 5 nitrogen and oxygen atoms in total. The molecule has 0 aliphatic heterocycles. The van der Waals surface area contributed by atoms with Gasteiger partial charge < -0.3 is 15.1 Å². The van der Waals surface area contributed by atoms with Crippen molar-refractivity contribution in [2.45, 2.75) is 13.5 Å². The summed E-state index contributed by atoms with van der Waals surface area (Å²) >= 11 is 0. The molecule has 20 heavy (non-hydrogen) atoms. The van der Waals surface area contributed by atoms with E-state index in [1.54, 1.807) is 18.0 Å². The second kappa shape index (κ2) is 5.21. The van der Waals surface area contributed by atoms with Crippen LogP contribution in [0.5, 0.6) is 5.75 Å². The molecule has 2 aromatic rings. The van der Waals surface area contributed by atoms with Crippen LogP contribution in [0.1, 0.15) is 22.8 Å². The Morgan fingerprint density at radius 2 is 1.85 bits per heavy atom. The van der Waals surface area contributed by atoms with Crippen LogP contribution in [0.25, 0.3) is 10.8 Å². The molecule has 5 heteroatoms. The Kier molecular flexibility index (Phi) is 3.61. The summed E-state index contributed by atoms with van der Waals surface area (Å²) in [4.78, 5) is 23.8. The molecule has 0 atom stereocenters. The van der Waals surface area contributed by atoms with Gasteiger partial charge in [-0.05, 0) is 34.5 Å². The number of carboxylic acid groups (broad SMARTS) is 1. The number of fused-ring (bicyclic) bond motifs is 1. The summed E-state index contributed by atoms with van der Waals surface area (Å²) in [6.07, 6.45) is 0. The van der Waals surface area contributed by atoms with Gasteiger partial charge in [0, 0.05) is 20.5 Å². The largest absolute Gasteiger partial charge is 0.507 e. The zero-order valence-electron chi connectivity index (χ0n) is 11.3. The van der Waals surface area contributed by atoms with Crippen LogP contribution in [-0.2, 0) is 11.3 Å². The number of amides is 1. The smallest absolute Gasteiger partial charge is 0.339 e. The lowest BCUT2D eigenvalue weighted by Crippen LogP contribution is -2.22. The predicted molar refractivity (Wildman–Crippen MR) is 74.7 cm³/mol. The Bertz CT molecular complexity index is 694. The van der Waals surface area contributed by atoms with E-state index in [-0.39, 0.29) is 17.2 Å². The summed E-state index contributed by atoms with van der Waals surface area (Å²) in [6, 6.07) is 8.33. The number of carbonyl (C=O) groups is 2. The third-order valence-corrected chi connectivity index (χ3v) is 3.21. The molecule has 0 unspecified atom stereocenters. The van der Waals surface area contributed by atoms with Crippen molar-refractivity contribution in [3.63, 3.8) is 0 Å². The van der Waals surface area contributed by atoms with Crippen LogP contribution < -0.4 is 0 Å². The fourth-order valence-electron chi connectivity index (χ4n) is 1.99. The summed E-state index contributed by atoms with van der Waals surface area (Å²) in [5, 5.41) is 20.1. The molecule has 0 aliphatic carbocycles. The summed E-state index contributed by atoms with van der Waals surface area (Å²) in [7, 11) is 1.70. The highest BCUT2D eigenvalue weighted by Crippen LogP contribution is 2.26. The van der Waals surface area contributed by atoms with Gasteiger partial charge in [-0.3, -0.25) is 4.79 Å². The first-order valence-electron chi connectivity index (χ1n) is 6.09. The average Bonchev–Trinajstić information content (AvgIpc) is 2.37. The van der Waals surface area contributed by atoms with Gasteiger partial charge in [0.25, 0.3) is 0 Å². The van der Waals surface area contributed by atoms with E-state index in [0.717, 1.165) is 16.3 Å². The van der Waals surface area contributed by atoms with Gasteiger partial charge in [-0.25, -0.2) is 4.79 Å². The summed E-state index contributed by atoms with van der Waals surface area (Å²) < 4.78 is 0. The van der Waals surface area contributed by atoms with Gasteiger partial charge in [0.2, 0.25) is 5.91 Å². The van der Waals surface area contributed by atoms with E-state index in [4.69, 9.17) is 5.11 Å². The van der Waals surface area contributed by atoms with Gasteiger partial charge in [0.1, 0.15) is 11.3 Å². The minimum Gasteiger partial charge on any atom is -0.507 e. The Hall–Kier alpha value is -2.56.